The van der Waals surface area contributed by atoms with Crippen LogP contribution in [0.3, 0.4) is 0 Å². The van der Waals surface area contributed by atoms with Gasteiger partial charge in [0.15, 0.2) is 0 Å². The number of nitrogens with one attached hydrogen (secondary N) is 1. The molecule has 1 unspecified atom stereocenters. The highest BCUT2D eigenvalue weighted by atomic mass is 16.5. The van der Waals surface area contributed by atoms with E-state index >= 15 is 0 Å². The molecular formula is C15H22N2O2. The van der Waals surface area contributed by atoms with Gasteiger partial charge in [-0.05, 0) is 31.5 Å². The number of hydrogen-bond acceptors (Lipinski definition) is 4. The van der Waals surface area contributed by atoms with Crippen LogP contribution in [0.25, 0.3) is 0 Å². The second-order valence-corrected chi connectivity index (χ2v) is 5.64. The van der Waals surface area contributed by atoms with Crippen molar-refractivity contribution < 1.29 is 9.47 Å². The monoisotopic (exact) mass is 262 g/mol. The van der Waals surface area contributed by atoms with Crippen LogP contribution in [0.1, 0.15) is 12.8 Å². The van der Waals surface area contributed by atoms with E-state index in [0.717, 1.165) is 43.4 Å². The van der Waals surface area contributed by atoms with Gasteiger partial charge in [0, 0.05) is 31.1 Å². The molecule has 2 aliphatic heterocycles. The lowest BCUT2D eigenvalue weighted by atomic mass is 9.86. The molecule has 0 saturated carbocycles. The molecule has 1 aromatic carbocycles. The van der Waals surface area contributed by atoms with Crippen molar-refractivity contribution in [1.82, 2.24) is 5.32 Å². The van der Waals surface area contributed by atoms with Crippen LogP contribution in [-0.2, 0) is 0 Å². The average molecular weight is 262 g/mol. The molecule has 2 fully saturated rings. The molecule has 0 aliphatic carbocycles. The van der Waals surface area contributed by atoms with E-state index in [1.54, 1.807) is 14.2 Å². The SMILES string of the molecule is COc1ccc(OC)c(N2CCC3(CCNC3)C2)c1. The first-order valence-electron chi connectivity index (χ1n) is 6.94. The molecule has 104 valence electrons. The van der Waals surface area contributed by atoms with Crippen molar-refractivity contribution in [3.05, 3.63) is 18.2 Å². The lowest BCUT2D eigenvalue weighted by molar-refractivity contribution is 0.368. The van der Waals surface area contributed by atoms with E-state index in [1.807, 2.05) is 12.1 Å². The molecule has 1 spiro atoms. The van der Waals surface area contributed by atoms with Crippen LogP contribution in [0.15, 0.2) is 18.2 Å². The number of anilines is 1. The van der Waals surface area contributed by atoms with Gasteiger partial charge in [0.1, 0.15) is 11.5 Å². The summed E-state index contributed by atoms with van der Waals surface area (Å²) in [6.45, 7) is 4.52. The van der Waals surface area contributed by atoms with Crippen LogP contribution in [0.5, 0.6) is 11.5 Å². The summed E-state index contributed by atoms with van der Waals surface area (Å²) >= 11 is 0. The maximum atomic E-state index is 5.50. The number of rotatable bonds is 3. The van der Waals surface area contributed by atoms with Crippen molar-refractivity contribution in [2.24, 2.45) is 5.41 Å². The molecule has 0 amide bonds. The van der Waals surface area contributed by atoms with Gasteiger partial charge < -0.3 is 19.7 Å². The standard InChI is InChI=1S/C15H22N2O2/c1-18-12-3-4-14(19-2)13(9-12)17-8-6-15(11-17)5-7-16-10-15/h3-4,9,16H,5-8,10-11H2,1-2H3. The maximum absolute atomic E-state index is 5.50. The third kappa shape index (κ3) is 2.25. The van der Waals surface area contributed by atoms with Crippen molar-refractivity contribution >= 4 is 5.69 Å². The summed E-state index contributed by atoms with van der Waals surface area (Å²) < 4.78 is 10.8. The van der Waals surface area contributed by atoms with E-state index in [1.165, 1.54) is 12.8 Å². The lowest BCUT2D eigenvalue weighted by Crippen LogP contribution is -2.29. The molecule has 3 rings (SSSR count). The van der Waals surface area contributed by atoms with Crippen molar-refractivity contribution in [2.45, 2.75) is 12.8 Å². The van der Waals surface area contributed by atoms with Crippen molar-refractivity contribution in [2.75, 3.05) is 45.3 Å². The zero-order valence-corrected chi connectivity index (χ0v) is 11.7. The fraction of sp³-hybridized carbons (Fsp3) is 0.600. The molecule has 19 heavy (non-hydrogen) atoms. The first kappa shape index (κ1) is 12.6. The molecule has 1 N–H and O–H groups in total. The fourth-order valence-corrected chi connectivity index (χ4v) is 3.33. The molecule has 2 heterocycles. The van der Waals surface area contributed by atoms with Crippen LogP contribution < -0.4 is 19.7 Å². The molecule has 4 nitrogen and oxygen atoms in total. The van der Waals surface area contributed by atoms with Gasteiger partial charge in [-0.3, -0.25) is 0 Å². The average Bonchev–Trinajstić information content (AvgIpc) is 3.09. The number of ether oxygens (including phenoxy) is 2. The van der Waals surface area contributed by atoms with E-state index in [9.17, 15) is 0 Å². The Kier molecular flexibility index (Phi) is 3.27. The Hall–Kier alpha value is -1.42. The highest BCUT2D eigenvalue weighted by Gasteiger charge is 2.40. The van der Waals surface area contributed by atoms with Crippen LogP contribution in [0.4, 0.5) is 5.69 Å². The minimum Gasteiger partial charge on any atom is -0.497 e. The van der Waals surface area contributed by atoms with Gasteiger partial charge in [-0.2, -0.15) is 0 Å². The van der Waals surface area contributed by atoms with E-state index in [-0.39, 0.29) is 0 Å². The number of hydrogen-bond donors (Lipinski definition) is 1. The molecule has 1 atom stereocenters. The van der Waals surface area contributed by atoms with Crippen molar-refractivity contribution in [3.63, 3.8) is 0 Å². The first-order valence-corrected chi connectivity index (χ1v) is 6.94. The van der Waals surface area contributed by atoms with Crippen molar-refractivity contribution in [1.29, 1.82) is 0 Å². The Morgan fingerprint density at radius 3 is 2.79 bits per heavy atom. The minimum absolute atomic E-state index is 0.466. The van der Waals surface area contributed by atoms with E-state index in [4.69, 9.17) is 9.47 Å². The Balaban J connectivity index is 1.85. The van der Waals surface area contributed by atoms with Crippen LogP contribution in [0.2, 0.25) is 0 Å². The zero-order valence-electron chi connectivity index (χ0n) is 11.7. The smallest absolute Gasteiger partial charge is 0.142 e. The molecule has 4 heteroatoms. The summed E-state index contributed by atoms with van der Waals surface area (Å²) in [4.78, 5) is 2.44. The zero-order chi connectivity index (χ0) is 13.3. The maximum Gasteiger partial charge on any atom is 0.142 e. The van der Waals surface area contributed by atoms with E-state index in [0.29, 0.717) is 5.41 Å². The normalized spacial score (nSPS) is 26.1. The Bertz CT molecular complexity index is 455. The van der Waals surface area contributed by atoms with E-state index < -0.39 is 0 Å². The Labute approximate surface area is 114 Å². The third-order valence-electron chi connectivity index (χ3n) is 4.50. The first-order chi connectivity index (χ1) is 9.26. The van der Waals surface area contributed by atoms with Gasteiger partial charge in [0.05, 0.1) is 19.9 Å². The number of benzene rings is 1. The predicted molar refractivity (Wildman–Crippen MR) is 76.3 cm³/mol. The summed E-state index contributed by atoms with van der Waals surface area (Å²) in [7, 11) is 3.44. The summed E-state index contributed by atoms with van der Waals surface area (Å²) in [5.41, 5.74) is 1.62. The predicted octanol–water partition coefficient (Wildman–Crippen LogP) is 1.89. The second-order valence-electron chi connectivity index (χ2n) is 5.64. The van der Waals surface area contributed by atoms with Crippen LogP contribution in [0, 0.1) is 5.41 Å². The number of methoxy groups -OCH3 is 2. The summed E-state index contributed by atoms with van der Waals surface area (Å²) in [6.07, 6.45) is 2.55. The molecule has 2 aliphatic rings. The summed E-state index contributed by atoms with van der Waals surface area (Å²) in [5.74, 6) is 1.82. The Morgan fingerprint density at radius 1 is 1.21 bits per heavy atom. The van der Waals surface area contributed by atoms with Gasteiger partial charge in [-0.1, -0.05) is 0 Å². The number of nitrogens with zero attached hydrogens (tertiary/aromatic N) is 1. The fourth-order valence-electron chi connectivity index (χ4n) is 3.33. The van der Waals surface area contributed by atoms with E-state index in [2.05, 4.69) is 16.3 Å². The third-order valence-corrected chi connectivity index (χ3v) is 4.50. The van der Waals surface area contributed by atoms with Gasteiger partial charge in [-0.15, -0.1) is 0 Å². The lowest BCUT2D eigenvalue weighted by Gasteiger charge is -2.25. The Morgan fingerprint density at radius 2 is 2.11 bits per heavy atom. The van der Waals surface area contributed by atoms with Gasteiger partial charge in [-0.25, -0.2) is 0 Å². The molecule has 1 aromatic rings. The van der Waals surface area contributed by atoms with Gasteiger partial charge in [0.25, 0.3) is 0 Å². The van der Waals surface area contributed by atoms with Gasteiger partial charge in [0.2, 0.25) is 0 Å². The topological polar surface area (TPSA) is 33.7 Å². The summed E-state index contributed by atoms with van der Waals surface area (Å²) in [5, 5.41) is 3.50. The summed E-state index contributed by atoms with van der Waals surface area (Å²) in [6, 6.07) is 6.03. The molecule has 0 radical (unpaired) electrons. The molecule has 0 aromatic heterocycles. The second kappa shape index (κ2) is 4.93. The van der Waals surface area contributed by atoms with Crippen LogP contribution in [-0.4, -0.2) is 40.4 Å². The largest absolute Gasteiger partial charge is 0.497 e. The molecule has 2 saturated heterocycles. The van der Waals surface area contributed by atoms with Crippen LogP contribution >= 0.6 is 0 Å². The van der Waals surface area contributed by atoms with Gasteiger partial charge >= 0.3 is 0 Å². The molecule has 0 bridgehead atoms. The molecular weight excluding hydrogens is 240 g/mol. The quantitative estimate of drug-likeness (QED) is 0.902. The van der Waals surface area contributed by atoms with Crippen molar-refractivity contribution in [3.8, 4) is 11.5 Å². The highest BCUT2D eigenvalue weighted by molar-refractivity contribution is 5.62. The minimum atomic E-state index is 0.466. The highest BCUT2D eigenvalue weighted by Crippen LogP contribution is 2.41.